The summed E-state index contributed by atoms with van der Waals surface area (Å²) >= 11 is 0. The molecule has 0 spiro atoms. The first kappa shape index (κ1) is 16.8. The summed E-state index contributed by atoms with van der Waals surface area (Å²) in [4.78, 5) is 0. The van der Waals surface area contributed by atoms with E-state index in [2.05, 4.69) is 65.0 Å². The fourth-order valence-corrected chi connectivity index (χ4v) is 1.61. The molecule has 0 aromatic rings. The van der Waals surface area contributed by atoms with Crippen LogP contribution in [0.5, 0.6) is 0 Å². The van der Waals surface area contributed by atoms with Gasteiger partial charge in [-0.2, -0.15) is 0 Å². The van der Waals surface area contributed by atoms with E-state index in [1.165, 1.54) is 5.57 Å². The zero-order valence-electron chi connectivity index (χ0n) is 13.0. The summed E-state index contributed by atoms with van der Waals surface area (Å²) in [5.74, 6) is 0.549. The highest BCUT2D eigenvalue weighted by molar-refractivity contribution is 5.45. The molecule has 18 heavy (non-hydrogen) atoms. The lowest BCUT2D eigenvalue weighted by molar-refractivity contribution is 0.569. The molecule has 2 N–H and O–H groups in total. The third-order valence-corrected chi connectivity index (χ3v) is 2.81. The summed E-state index contributed by atoms with van der Waals surface area (Å²) in [6, 6.07) is 0. The van der Waals surface area contributed by atoms with E-state index in [0.717, 1.165) is 11.3 Å². The summed E-state index contributed by atoms with van der Waals surface area (Å²) in [6.07, 6.45) is 10.8. The van der Waals surface area contributed by atoms with Crippen LogP contribution in [-0.4, -0.2) is 0 Å². The molecule has 0 heterocycles. The van der Waals surface area contributed by atoms with Crippen LogP contribution >= 0.6 is 0 Å². The van der Waals surface area contributed by atoms with E-state index in [1.54, 1.807) is 0 Å². The number of nitrogens with two attached hydrogens (primary N) is 1. The van der Waals surface area contributed by atoms with Crippen LogP contribution in [0.3, 0.4) is 0 Å². The largest absolute Gasteiger partial charge is 0.401 e. The quantitative estimate of drug-likeness (QED) is 0.731. The number of hydrogen-bond donors (Lipinski definition) is 1. The van der Waals surface area contributed by atoms with Crippen molar-refractivity contribution >= 4 is 0 Å². The lowest BCUT2D eigenvalue weighted by Crippen LogP contribution is -2.19. The lowest BCUT2D eigenvalue weighted by Gasteiger charge is -2.21. The van der Waals surface area contributed by atoms with Crippen LogP contribution in [0, 0.1) is 11.3 Å². The molecule has 1 heteroatoms. The molecule has 0 atom stereocenters. The van der Waals surface area contributed by atoms with Gasteiger partial charge in [0.1, 0.15) is 0 Å². The minimum absolute atomic E-state index is 0.0646. The van der Waals surface area contributed by atoms with Gasteiger partial charge < -0.3 is 5.73 Å². The predicted octanol–water partition coefficient (Wildman–Crippen LogP) is 4.98. The fraction of sp³-hybridized carbons (Fsp3) is 0.529. The Morgan fingerprint density at radius 2 is 1.78 bits per heavy atom. The smallest absolute Gasteiger partial charge is 0.0250 e. The minimum Gasteiger partial charge on any atom is -0.401 e. The zero-order chi connectivity index (χ0) is 14.3. The van der Waals surface area contributed by atoms with Crippen LogP contribution in [0.1, 0.15) is 48.5 Å². The van der Waals surface area contributed by atoms with Crippen LogP contribution in [0.15, 0.2) is 47.2 Å². The molecule has 0 amide bonds. The molecule has 1 aliphatic rings. The monoisotopic (exact) mass is 247 g/mol. The number of hydrogen-bond acceptors (Lipinski definition) is 1. The predicted molar refractivity (Wildman–Crippen MR) is 83.2 cm³/mol. The molecule has 1 aliphatic carbocycles. The normalized spacial score (nSPS) is 18.6. The maximum atomic E-state index is 6.24. The van der Waals surface area contributed by atoms with Gasteiger partial charge in [-0.15, -0.1) is 0 Å². The van der Waals surface area contributed by atoms with E-state index < -0.39 is 0 Å². The maximum absolute atomic E-state index is 6.24. The Morgan fingerprint density at radius 3 is 2.28 bits per heavy atom. The highest BCUT2D eigenvalue weighted by atomic mass is 14.6. The van der Waals surface area contributed by atoms with Gasteiger partial charge in [-0.25, -0.2) is 0 Å². The molecular weight excluding hydrogens is 218 g/mol. The van der Waals surface area contributed by atoms with Crippen molar-refractivity contribution in [2.45, 2.75) is 48.5 Å². The average Bonchev–Trinajstić information content (AvgIpc) is 2.41. The van der Waals surface area contributed by atoms with Crippen LogP contribution in [0.2, 0.25) is 0 Å². The van der Waals surface area contributed by atoms with E-state index in [4.69, 9.17) is 5.73 Å². The number of rotatable bonds is 2. The van der Waals surface area contributed by atoms with E-state index in [-0.39, 0.29) is 5.41 Å². The molecule has 1 nitrogen and oxygen atoms in total. The molecule has 1 rings (SSSR count). The van der Waals surface area contributed by atoms with Gasteiger partial charge in [-0.3, -0.25) is 0 Å². The molecule has 0 fully saturated rings. The first-order chi connectivity index (χ1) is 8.33. The Balaban J connectivity index is 0.00000137. The van der Waals surface area contributed by atoms with Gasteiger partial charge in [0.25, 0.3) is 0 Å². The summed E-state index contributed by atoms with van der Waals surface area (Å²) in [5, 5.41) is 0. The van der Waals surface area contributed by atoms with Crippen LogP contribution in [0.25, 0.3) is 0 Å². The van der Waals surface area contributed by atoms with Crippen LogP contribution < -0.4 is 5.73 Å². The molecule has 0 bridgehead atoms. The van der Waals surface area contributed by atoms with E-state index >= 15 is 0 Å². The Hall–Kier alpha value is -1.24. The van der Waals surface area contributed by atoms with Gasteiger partial charge in [0.15, 0.2) is 0 Å². The lowest BCUT2D eigenvalue weighted by atomic mass is 9.87. The first-order valence-electron chi connectivity index (χ1n) is 6.89. The Bertz CT molecular complexity index is 376. The van der Waals surface area contributed by atoms with Crippen molar-refractivity contribution in [3.05, 3.63) is 47.2 Å². The van der Waals surface area contributed by atoms with Gasteiger partial charge in [0.05, 0.1) is 0 Å². The van der Waals surface area contributed by atoms with Gasteiger partial charge in [-0.1, -0.05) is 77.5 Å². The molecule has 0 saturated heterocycles. The van der Waals surface area contributed by atoms with E-state index in [0.29, 0.717) is 5.92 Å². The molecule has 0 aromatic heterocycles. The summed E-state index contributed by atoms with van der Waals surface area (Å²) in [7, 11) is 0. The fourth-order valence-electron chi connectivity index (χ4n) is 1.61. The van der Waals surface area contributed by atoms with Gasteiger partial charge >= 0.3 is 0 Å². The molecule has 0 aliphatic heterocycles. The van der Waals surface area contributed by atoms with Crippen molar-refractivity contribution in [1.82, 2.24) is 0 Å². The molecule has 0 saturated carbocycles. The summed E-state index contributed by atoms with van der Waals surface area (Å²) in [6.45, 7) is 14.7. The van der Waals surface area contributed by atoms with Crippen molar-refractivity contribution in [2.75, 3.05) is 0 Å². The van der Waals surface area contributed by atoms with Crippen LogP contribution in [0.4, 0.5) is 0 Å². The summed E-state index contributed by atoms with van der Waals surface area (Å²) in [5.41, 5.74) is 9.50. The van der Waals surface area contributed by atoms with E-state index in [9.17, 15) is 0 Å². The van der Waals surface area contributed by atoms with Crippen molar-refractivity contribution in [1.29, 1.82) is 0 Å². The second kappa shape index (κ2) is 7.25. The highest BCUT2D eigenvalue weighted by Crippen LogP contribution is 2.31. The zero-order valence-corrected chi connectivity index (χ0v) is 13.0. The Labute approximate surface area is 113 Å². The average molecular weight is 247 g/mol. The molecule has 0 radical (unpaired) electrons. The SMILES string of the molecule is CC.CC1=CC(/C=C\C(C)C)=C(N)C(C)(C)C=C1. The highest BCUT2D eigenvalue weighted by Gasteiger charge is 2.21. The maximum Gasteiger partial charge on any atom is 0.0250 e. The van der Waals surface area contributed by atoms with Gasteiger partial charge in [0, 0.05) is 11.1 Å². The van der Waals surface area contributed by atoms with Crippen molar-refractivity contribution in [3.8, 4) is 0 Å². The first-order valence-corrected chi connectivity index (χ1v) is 6.89. The van der Waals surface area contributed by atoms with Crippen molar-refractivity contribution < 1.29 is 0 Å². The van der Waals surface area contributed by atoms with Crippen molar-refractivity contribution in [3.63, 3.8) is 0 Å². The third-order valence-electron chi connectivity index (χ3n) is 2.81. The number of allylic oxidation sites excluding steroid dienone is 7. The third kappa shape index (κ3) is 4.95. The standard InChI is InChI=1S/C15H23N.C2H6/c1-11(2)6-7-13-10-12(3)8-9-15(4,5)14(13)16;1-2/h6-11H,16H2,1-5H3;1-2H3/b7-6-;. The summed E-state index contributed by atoms with van der Waals surface area (Å²) < 4.78 is 0. The molecule has 0 unspecified atom stereocenters. The topological polar surface area (TPSA) is 26.0 Å². The van der Waals surface area contributed by atoms with E-state index in [1.807, 2.05) is 13.8 Å². The molecular formula is C17H29N. The van der Waals surface area contributed by atoms with Gasteiger partial charge in [-0.05, 0) is 18.4 Å². The second-order valence-corrected chi connectivity index (χ2v) is 5.42. The van der Waals surface area contributed by atoms with Crippen LogP contribution in [-0.2, 0) is 0 Å². The minimum atomic E-state index is -0.0646. The molecule has 102 valence electrons. The van der Waals surface area contributed by atoms with Gasteiger partial charge in [0.2, 0.25) is 0 Å². The second-order valence-electron chi connectivity index (χ2n) is 5.42. The molecule has 0 aromatic carbocycles. The van der Waals surface area contributed by atoms with Crippen molar-refractivity contribution in [2.24, 2.45) is 17.1 Å². The Morgan fingerprint density at radius 1 is 1.22 bits per heavy atom. The Kier molecular flexibility index (Phi) is 6.75.